The first-order chi connectivity index (χ1) is 17.2. The molecule has 3 rings (SSSR count). The zero-order chi connectivity index (χ0) is 27.4. The molecule has 192 valence electrons. The largest absolute Gasteiger partial charge is 0.340 e. The molecule has 8 heteroatoms. The average molecular weight is 493 g/mol. The first-order valence-corrected chi connectivity index (χ1v) is 12.0. The van der Waals surface area contributed by atoms with Crippen LogP contribution in [0.5, 0.6) is 0 Å². The van der Waals surface area contributed by atoms with E-state index in [2.05, 4.69) is 37.3 Å². The summed E-state index contributed by atoms with van der Waals surface area (Å²) >= 11 is 0. The summed E-state index contributed by atoms with van der Waals surface area (Å²) in [4.78, 5) is 29.0. The van der Waals surface area contributed by atoms with Crippen LogP contribution >= 0.6 is 0 Å². The summed E-state index contributed by atoms with van der Waals surface area (Å²) in [6, 6.07) is 5.33. The van der Waals surface area contributed by atoms with Gasteiger partial charge in [0.25, 0.3) is 5.91 Å². The molecule has 36 heavy (non-hydrogen) atoms. The number of rotatable bonds is 6. The van der Waals surface area contributed by atoms with E-state index in [1.807, 2.05) is 54.5 Å². The summed E-state index contributed by atoms with van der Waals surface area (Å²) in [6.45, 7) is 20.8. The Morgan fingerprint density at radius 2 is 1.58 bits per heavy atom. The number of aliphatic imine (C=N–C) groups is 1. The maximum atomic E-state index is 14.5. The number of carbonyl (C=O) groups excluding carboxylic acids is 1. The van der Waals surface area contributed by atoms with Gasteiger partial charge < -0.3 is 10.6 Å². The molecule has 0 aliphatic rings. The van der Waals surface area contributed by atoms with E-state index >= 15 is 0 Å². The summed E-state index contributed by atoms with van der Waals surface area (Å²) in [6.07, 6.45) is 4.70. The summed E-state index contributed by atoms with van der Waals surface area (Å²) in [5.74, 6) is -0.712. The monoisotopic (exact) mass is 492 g/mol. The van der Waals surface area contributed by atoms with Gasteiger partial charge in [0, 0.05) is 29.3 Å². The van der Waals surface area contributed by atoms with E-state index in [-0.39, 0.29) is 5.69 Å². The number of nitrogens with zero attached hydrogens (tertiary/aromatic N) is 4. The molecule has 1 aromatic carbocycles. The van der Waals surface area contributed by atoms with Crippen LogP contribution in [-0.4, -0.2) is 27.6 Å². The predicted octanol–water partition coefficient (Wildman–Crippen LogP) is 7.05. The molecule has 0 atom stereocenters. The van der Waals surface area contributed by atoms with Crippen molar-refractivity contribution in [3.63, 3.8) is 0 Å². The van der Waals surface area contributed by atoms with E-state index in [9.17, 15) is 9.18 Å². The van der Waals surface area contributed by atoms with Crippen molar-refractivity contribution in [2.24, 2.45) is 4.99 Å². The zero-order valence-corrected chi connectivity index (χ0v) is 22.7. The number of anilines is 2. The van der Waals surface area contributed by atoms with E-state index in [1.165, 1.54) is 12.5 Å². The molecule has 7 nitrogen and oxygen atoms in total. The third-order valence-electron chi connectivity index (χ3n) is 5.24. The van der Waals surface area contributed by atoms with E-state index in [1.54, 1.807) is 32.2 Å². The lowest BCUT2D eigenvalue weighted by Crippen LogP contribution is -2.17. The van der Waals surface area contributed by atoms with Crippen LogP contribution in [0, 0.1) is 33.5 Å². The van der Waals surface area contributed by atoms with Crippen LogP contribution in [0.15, 0.2) is 47.7 Å². The summed E-state index contributed by atoms with van der Waals surface area (Å²) in [7, 11) is 0. The Kier molecular flexibility index (Phi) is 12.1. The second-order valence-corrected chi connectivity index (χ2v) is 7.52. The fraction of sp³-hybridized carbons (Fsp3) is 0.321. The van der Waals surface area contributed by atoms with Gasteiger partial charge in [-0.2, -0.15) is 0 Å². The quantitative estimate of drug-likeness (QED) is 0.360. The van der Waals surface area contributed by atoms with Gasteiger partial charge in [-0.25, -0.2) is 24.3 Å². The maximum Gasteiger partial charge on any atom is 0.277 e. The van der Waals surface area contributed by atoms with E-state index in [0.717, 1.165) is 22.4 Å². The Balaban J connectivity index is 0.00000154. The standard InChI is InChI=1S/C24H25FN6O.2C2H6/c1-13-7-8-18(30-24(32)22-20(25)16(4)14(2)11-28-22)9-19(13)31-23(26-6)17(5)21-15(3)10-27-12-29-21;2*1-2/h7-12,31H,6H2,1-5H3,(H,30,32);2*1-2H3/b23-17-;;. The van der Waals surface area contributed by atoms with E-state index in [0.29, 0.717) is 28.3 Å². The second-order valence-electron chi connectivity index (χ2n) is 7.52. The summed E-state index contributed by atoms with van der Waals surface area (Å²) in [5, 5.41) is 5.96. The third-order valence-corrected chi connectivity index (χ3v) is 5.24. The summed E-state index contributed by atoms with van der Waals surface area (Å²) < 4.78 is 14.5. The number of amides is 1. The molecule has 0 aliphatic carbocycles. The fourth-order valence-electron chi connectivity index (χ4n) is 3.13. The van der Waals surface area contributed by atoms with Crippen molar-refractivity contribution in [2.75, 3.05) is 10.6 Å². The Labute approximate surface area is 214 Å². The lowest BCUT2D eigenvalue weighted by Gasteiger charge is -2.15. The fourth-order valence-corrected chi connectivity index (χ4v) is 3.13. The molecule has 2 aromatic heterocycles. The Morgan fingerprint density at radius 3 is 2.19 bits per heavy atom. The maximum absolute atomic E-state index is 14.5. The van der Waals surface area contributed by atoms with Crippen molar-refractivity contribution in [1.82, 2.24) is 15.0 Å². The number of pyridine rings is 1. The van der Waals surface area contributed by atoms with Crippen molar-refractivity contribution >= 4 is 29.6 Å². The smallest absolute Gasteiger partial charge is 0.277 e. The highest BCUT2D eigenvalue weighted by Crippen LogP contribution is 2.26. The van der Waals surface area contributed by atoms with Crippen LogP contribution < -0.4 is 10.6 Å². The van der Waals surface area contributed by atoms with Crippen LogP contribution in [0.1, 0.15) is 73.1 Å². The van der Waals surface area contributed by atoms with Crippen molar-refractivity contribution < 1.29 is 9.18 Å². The molecule has 0 radical (unpaired) electrons. The van der Waals surface area contributed by atoms with Crippen LogP contribution in [0.3, 0.4) is 0 Å². The van der Waals surface area contributed by atoms with E-state index < -0.39 is 11.7 Å². The van der Waals surface area contributed by atoms with Gasteiger partial charge in [0.15, 0.2) is 11.5 Å². The molecule has 1 amide bonds. The molecular formula is C28H37FN6O. The predicted molar refractivity (Wildman–Crippen MR) is 148 cm³/mol. The highest BCUT2D eigenvalue weighted by molar-refractivity contribution is 6.03. The van der Waals surface area contributed by atoms with Gasteiger partial charge in [0.2, 0.25) is 0 Å². The minimum Gasteiger partial charge on any atom is -0.340 e. The van der Waals surface area contributed by atoms with Crippen molar-refractivity contribution in [3.8, 4) is 0 Å². The van der Waals surface area contributed by atoms with Gasteiger partial charge in [0.1, 0.15) is 12.1 Å². The normalized spacial score (nSPS) is 10.6. The molecule has 2 heterocycles. The Morgan fingerprint density at radius 1 is 0.917 bits per heavy atom. The molecule has 0 bridgehead atoms. The van der Waals surface area contributed by atoms with Gasteiger partial charge >= 0.3 is 0 Å². The topological polar surface area (TPSA) is 92.2 Å². The number of carbonyl (C=O) groups is 1. The second kappa shape index (κ2) is 14.5. The number of halogens is 1. The number of aromatic nitrogens is 3. The molecule has 0 saturated heterocycles. The Bertz CT molecular complexity index is 1240. The van der Waals surface area contributed by atoms with Gasteiger partial charge in [-0.15, -0.1) is 0 Å². The number of hydrogen-bond acceptors (Lipinski definition) is 6. The minimum atomic E-state index is -0.620. The van der Waals surface area contributed by atoms with Crippen LogP contribution in [0.25, 0.3) is 5.57 Å². The number of benzene rings is 1. The lowest BCUT2D eigenvalue weighted by molar-refractivity contribution is 0.101. The van der Waals surface area contributed by atoms with E-state index in [4.69, 9.17) is 0 Å². The summed E-state index contributed by atoms with van der Waals surface area (Å²) in [5.41, 5.74) is 5.44. The van der Waals surface area contributed by atoms with Crippen molar-refractivity contribution in [1.29, 1.82) is 0 Å². The lowest BCUT2D eigenvalue weighted by atomic mass is 10.1. The minimum absolute atomic E-state index is 0.244. The van der Waals surface area contributed by atoms with Crippen LogP contribution in [0.2, 0.25) is 0 Å². The highest BCUT2D eigenvalue weighted by atomic mass is 19.1. The van der Waals surface area contributed by atoms with Gasteiger partial charge in [-0.1, -0.05) is 33.8 Å². The molecule has 3 aromatic rings. The zero-order valence-electron chi connectivity index (χ0n) is 22.7. The van der Waals surface area contributed by atoms with Crippen molar-refractivity contribution in [3.05, 3.63) is 82.2 Å². The molecule has 0 fully saturated rings. The van der Waals surface area contributed by atoms with Crippen molar-refractivity contribution in [2.45, 2.75) is 62.3 Å². The Hall–Kier alpha value is -3.94. The first kappa shape index (κ1) is 30.1. The van der Waals surface area contributed by atoms with Gasteiger partial charge in [0.05, 0.1) is 5.69 Å². The number of allylic oxidation sites excluding steroid dienone is 1. The van der Waals surface area contributed by atoms with Gasteiger partial charge in [-0.3, -0.25) is 4.79 Å². The SMILES string of the molecule is C=N/C(Nc1cc(NC(=O)c2ncc(C)c(C)c2F)ccc1C)=C(\C)c1ncncc1C.CC.CC. The molecule has 0 spiro atoms. The number of hydrogen-bond donors (Lipinski definition) is 2. The van der Waals surface area contributed by atoms with Crippen LogP contribution in [0.4, 0.5) is 15.8 Å². The molecule has 0 saturated carbocycles. The molecule has 2 N–H and O–H groups in total. The molecule has 0 unspecified atom stereocenters. The first-order valence-electron chi connectivity index (χ1n) is 12.0. The van der Waals surface area contributed by atoms with Crippen LogP contribution in [-0.2, 0) is 0 Å². The number of aryl methyl sites for hydroxylation is 3. The van der Waals surface area contributed by atoms with Gasteiger partial charge in [-0.05, 0) is 75.7 Å². The molecule has 0 aliphatic heterocycles. The highest BCUT2D eigenvalue weighted by Gasteiger charge is 2.17. The third kappa shape index (κ3) is 7.28. The molecular weight excluding hydrogens is 455 g/mol. The average Bonchev–Trinajstić information content (AvgIpc) is 2.89. The number of nitrogens with one attached hydrogen (secondary N) is 2.